The lowest BCUT2D eigenvalue weighted by molar-refractivity contribution is 0.525. The highest BCUT2D eigenvalue weighted by Gasteiger charge is 2.17. The molecule has 1 aromatic carbocycles. The smallest absolute Gasteiger partial charge is 0.128 e. The van der Waals surface area contributed by atoms with Crippen molar-refractivity contribution in [2.75, 3.05) is 7.05 Å². The number of hydrogen-bond acceptors (Lipinski definition) is 2. The van der Waals surface area contributed by atoms with Gasteiger partial charge in [-0.05, 0) is 36.7 Å². The zero-order valence-corrected chi connectivity index (χ0v) is 11.3. The summed E-state index contributed by atoms with van der Waals surface area (Å²) in [5.74, 6) is -0.854. The Morgan fingerprint density at radius 3 is 2.72 bits per heavy atom. The summed E-state index contributed by atoms with van der Waals surface area (Å²) in [4.78, 5) is 0.958. The van der Waals surface area contributed by atoms with Crippen LogP contribution in [-0.2, 0) is 6.42 Å². The van der Waals surface area contributed by atoms with E-state index in [0.717, 1.165) is 17.0 Å². The molecule has 18 heavy (non-hydrogen) atoms. The predicted molar refractivity (Wildman–Crippen MR) is 71.2 cm³/mol. The van der Waals surface area contributed by atoms with Gasteiger partial charge >= 0.3 is 0 Å². The number of hydrogen-bond donors (Lipinski definition) is 1. The van der Waals surface area contributed by atoms with E-state index in [1.165, 1.54) is 17.4 Å². The van der Waals surface area contributed by atoms with Crippen LogP contribution in [0.4, 0.5) is 8.78 Å². The minimum Gasteiger partial charge on any atom is -0.313 e. The third kappa shape index (κ3) is 2.88. The molecule has 0 fully saturated rings. The van der Waals surface area contributed by atoms with Crippen molar-refractivity contribution in [2.24, 2.45) is 0 Å². The average Bonchev–Trinajstić information content (AvgIpc) is 2.75. The first-order chi connectivity index (χ1) is 8.61. The van der Waals surface area contributed by atoms with Gasteiger partial charge < -0.3 is 5.32 Å². The molecule has 0 aliphatic heterocycles. The van der Waals surface area contributed by atoms with Gasteiger partial charge in [0.2, 0.25) is 0 Å². The molecule has 2 rings (SSSR count). The molecule has 1 heterocycles. The lowest BCUT2D eigenvalue weighted by atomic mass is 10.0. The van der Waals surface area contributed by atoms with Crippen LogP contribution in [0, 0.1) is 11.6 Å². The third-order valence-electron chi connectivity index (χ3n) is 2.76. The Bertz CT molecular complexity index is 542. The average molecular weight is 288 g/mol. The molecule has 0 saturated heterocycles. The van der Waals surface area contributed by atoms with E-state index >= 15 is 0 Å². The molecule has 1 N–H and O–H groups in total. The van der Waals surface area contributed by atoms with Crippen LogP contribution >= 0.6 is 22.9 Å². The van der Waals surface area contributed by atoms with Gasteiger partial charge in [0.15, 0.2) is 0 Å². The molecule has 0 amide bonds. The summed E-state index contributed by atoms with van der Waals surface area (Å²) in [7, 11) is 1.72. The van der Waals surface area contributed by atoms with Crippen LogP contribution in [0.2, 0.25) is 5.02 Å². The summed E-state index contributed by atoms with van der Waals surface area (Å²) in [6.45, 7) is 0. The molecule has 0 spiro atoms. The van der Waals surface area contributed by atoms with Crippen molar-refractivity contribution in [2.45, 2.75) is 12.5 Å². The van der Waals surface area contributed by atoms with Crippen LogP contribution in [0.5, 0.6) is 0 Å². The molecule has 1 aromatic heterocycles. The van der Waals surface area contributed by atoms with E-state index < -0.39 is 11.6 Å². The van der Waals surface area contributed by atoms with Crippen LogP contribution in [0.3, 0.4) is 0 Å². The number of likely N-dealkylation sites (N-methyl/N-ethyl adjacent to an activating group) is 1. The Morgan fingerprint density at radius 2 is 2.11 bits per heavy atom. The lowest BCUT2D eigenvalue weighted by Crippen LogP contribution is -2.20. The standard InChI is InChI=1S/C13H12ClF2NS/c1-17-12(7-13-10(14)4-5-18-13)9-6-8(15)2-3-11(9)16/h2-6,12,17H,7H2,1H3. The molecule has 2 aromatic rings. The zero-order chi connectivity index (χ0) is 13.1. The second-order valence-electron chi connectivity index (χ2n) is 3.90. The summed E-state index contributed by atoms with van der Waals surface area (Å²) in [5, 5.41) is 5.54. The SMILES string of the molecule is CNC(Cc1sccc1Cl)c1cc(F)ccc1F. The second kappa shape index (κ2) is 5.78. The van der Waals surface area contributed by atoms with E-state index in [1.807, 2.05) is 5.38 Å². The fraction of sp³-hybridized carbons (Fsp3) is 0.231. The minimum absolute atomic E-state index is 0.295. The van der Waals surface area contributed by atoms with Gasteiger partial charge in [0.1, 0.15) is 11.6 Å². The first-order valence-corrected chi connectivity index (χ1v) is 6.71. The predicted octanol–water partition coefficient (Wildman–Crippen LogP) is 4.18. The van der Waals surface area contributed by atoms with Crippen LogP contribution in [-0.4, -0.2) is 7.05 Å². The molecule has 1 nitrogen and oxygen atoms in total. The van der Waals surface area contributed by atoms with Gasteiger partial charge in [-0.1, -0.05) is 11.6 Å². The van der Waals surface area contributed by atoms with Gasteiger partial charge in [0, 0.05) is 22.9 Å². The van der Waals surface area contributed by atoms with Gasteiger partial charge in [-0.3, -0.25) is 0 Å². The first kappa shape index (κ1) is 13.5. The summed E-state index contributed by atoms with van der Waals surface area (Å²) < 4.78 is 26.9. The highest BCUT2D eigenvalue weighted by molar-refractivity contribution is 7.10. The maximum atomic E-state index is 13.7. The molecule has 0 aliphatic carbocycles. The topological polar surface area (TPSA) is 12.0 Å². The van der Waals surface area contributed by atoms with Crippen molar-refractivity contribution >= 4 is 22.9 Å². The molecular formula is C13H12ClF2NS. The third-order valence-corrected chi connectivity index (χ3v) is 4.17. The Balaban J connectivity index is 2.28. The maximum Gasteiger partial charge on any atom is 0.128 e. The fourth-order valence-electron chi connectivity index (χ4n) is 1.81. The molecule has 0 saturated carbocycles. The van der Waals surface area contributed by atoms with Crippen LogP contribution in [0.15, 0.2) is 29.6 Å². The quantitative estimate of drug-likeness (QED) is 0.889. The normalized spacial score (nSPS) is 12.7. The number of benzene rings is 1. The molecule has 1 atom stereocenters. The Hall–Kier alpha value is -0.970. The van der Waals surface area contributed by atoms with Gasteiger partial charge in [-0.25, -0.2) is 8.78 Å². The maximum absolute atomic E-state index is 13.7. The van der Waals surface area contributed by atoms with E-state index in [0.29, 0.717) is 17.0 Å². The van der Waals surface area contributed by atoms with E-state index in [-0.39, 0.29) is 6.04 Å². The number of thiophene rings is 1. The zero-order valence-electron chi connectivity index (χ0n) is 9.71. The Kier molecular flexibility index (Phi) is 4.32. The van der Waals surface area contributed by atoms with E-state index in [9.17, 15) is 8.78 Å². The Morgan fingerprint density at radius 1 is 1.33 bits per heavy atom. The Labute approximate surface area is 113 Å². The highest BCUT2D eigenvalue weighted by atomic mass is 35.5. The van der Waals surface area contributed by atoms with Crippen molar-refractivity contribution < 1.29 is 8.78 Å². The van der Waals surface area contributed by atoms with Crippen LogP contribution in [0.1, 0.15) is 16.5 Å². The molecular weight excluding hydrogens is 276 g/mol. The van der Waals surface area contributed by atoms with E-state index in [1.54, 1.807) is 13.1 Å². The molecule has 0 aliphatic rings. The minimum atomic E-state index is -0.441. The van der Waals surface area contributed by atoms with Crippen LogP contribution < -0.4 is 5.32 Å². The highest BCUT2D eigenvalue weighted by Crippen LogP contribution is 2.29. The molecule has 1 unspecified atom stereocenters. The molecule has 0 radical (unpaired) electrons. The summed E-state index contributed by atoms with van der Waals surface area (Å²) in [6, 6.07) is 4.99. The fourth-order valence-corrected chi connectivity index (χ4v) is 2.97. The van der Waals surface area contributed by atoms with Crippen LogP contribution in [0.25, 0.3) is 0 Å². The monoisotopic (exact) mass is 287 g/mol. The van der Waals surface area contributed by atoms with Gasteiger partial charge in [-0.2, -0.15) is 0 Å². The van der Waals surface area contributed by atoms with Crippen molar-refractivity contribution in [3.63, 3.8) is 0 Å². The molecule has 96 valence electrons. The summed E-state index contributed by atoms with van der Waals surface area (Å²) in [6.07, 6.45) is 0.535. The van der Waals surface area contributed by atoms with Crippen molar-refractivity contribution in [3.8, 4) is 0 Å². The van der Waals surface area contributed by atoms with Gasteiger partial charge in [0.05, 0.1) is 5.02 Å². The number of nitrogens with one attached hydrogen (secondary N) is 1. The van der Waals surface area contributed by atoms with Crippen molar-refractivity contribution in [3.05, 3.63) is 56.7 Å². The second-order valence-corrected chi connectivity index (χ2v) is 5.31. The summed E-state index contributed by atoms with van der Waals surface area (Å²) in [5.41, 5.74) is 0.321. The molecule has 0 bridgehead atoms. The van der Waals surface area contributed by atoms with Crippen molar-refractivity contribution in [1.29, 1.82) is 0 Å². The van der Waals surface area contributed by atoms with Gasteiger partial charge in [-0.15, -0.1) is 11.3 Å². The first-order valence-electron chi connectivity index (χ1n) is 5.46. The summed E-state index contributed by atoms with van der Waals surface area (Å²) >= 11 is 7.52. The van der Waals surface area contributed by atoms with E-state index in [4.69, 9.17) is 11.6 Å². The van der Waals surface area contributed by atoms with Gasteiger partial charge in [0.25, 0.3) is 0 Å². The lowest BCUT2D eigenvalue weighted by Gasteiger charge is -2.17. The molecule has 5 heteroatoms. The van der Waals surface area contributed by atoms with Crippen molar-refractivity contribution in [1.82, 2.24) is 5.32 Å². The number of rotatable bonds is 4. The number of halogens is 3. The van der Waals surface area contributed by atoms with E-state index in [2.05, 4.69) is 5.32 Å². The largest absolute Gasteiger partial charge is 0.313 e.